The zero-order valence-corrected chi connectivity index (χ0v) is 19.4. The molecular weight excluding hydrogens is 464 g/mol. The fraction of sp³-hybridized carbons (Fsp3) is 0.286. The molecule has 5 nitrogen and oxygen atoms in total. The van der Waals surface area contributed by atoms with E-state index >= 15 is 0 Å². The summed E-state index contributed by atoms with van der Waals surface area (Å²) in [5.74, 6) is 1.47. The van der Waals surface area contributed by atoms with Crippen LogP contribution in [0.1, 0.15) is 37.2 Å². The number of benzene rings is 1. The van der Waals surface area contributed by atoms with Gasteiger partial charge in [-0.2, -0.15) is 0 Å². The van der Waals surface area contributed by atoms with Crippen molar-refractivity contribution in [3.05, 3.63) is 59.1 Å². The standard InChI is InChI=1S/C21H22ClN5.3ClH/c22-14-4-10-19-18(13-14)21(25-17-7-5-15(23)6-8-17)27-20(26-19)11-9-16-3-1-2-12-24-16;;;/h1-4,9-13,15,17H,5-8,23H2,(H,25,26,27);3*1H. The number of nitrogens with two attached hydrogens (primary N) is 1. The summed E-state index contributed by atoms with van der Waals surface area (Å²) in [6.07, 6.45) is 9.74. The van der Waals surface area contributed by atoms with Crippen molar-refractivity contribution in [3.63, 3.8) is 0 Å². The van der Waals surface area contributed by atoms with Gasteiger partial charge in [-0.15, -0.1) is 37.2 Å². The highest BCUT2D eigenvalue weighted by molar-refractivity contribution is 6.31. The van der Waals surface area contributed by atoms with Crippen LogP contribution in [0.3, 0.4) is 0 Å². The lowest BCUT2D eigenvalue weighted by Crippen LogP contribution is -2.33. The Morgan fingerprint density at radius 1 is 0.967 bits per heavy atom. The highest BCUT2D eigenvalue weighted by Crippen LogP contribution is 2.27. The lowest BCUT2D eigenvalue weighted by atomic mass is 9.92. The average Bonchev–Trinajstić information content (AvgIpc) is 2.69. The van der Waals surface area contributed by atoms with Crippen LogP contribution in [0.5, 0.6) is 0 Å². The minimum Gasteiger partial charge on any atom is -0.367 e. The van der Waals surface area contributed by atoms with Crippen molar-refractivity contribution in [2.45, 2.75) is 37.8 Å². The van der Waals surface area contributed by atoms with E-state index in [1.54, 1.807) is 6.20 Å². The lowest BCUT2D eigenvalue weighted by Gasteiger charge is -2.27. The van der Waals surface area contributed by atoms with E-state index in [2.05, 4.69) is 15.3 Å². The summed E-state index contributed by atoms with van der Waals surface area (Å²) < 4.78 is 0. The molecule has 30 heavy (non-hydrogen) atoms. The molecule has 2 heterocycles. The van der Waals surface area contributed by atoms with E-state index in [-0.39, 0.29) is 37.2 Å². The first-order valence-electron chi connectivity index (χ1n) is 9.26. The maximum absolute atomic E-state index is 6.21. The van der Waals surface area contributed by atoms with Crippen LogP contribution >= 0.6 is 48.8 Å². The third kappa shape index (κ3) is 6.69. The monoisotopic (exact) mass is 487 g/mol. The van der Waals surface area contributed by atoms with Crippen LogP contribution < -0.4 is 11.1 Å². The van der Waals surface area contributed by atoms with Crippen LogP contribution in [0.2, 0.25) is 5.02 Å². The number of anilines is 1. The summed E-state index contributed by atoms with van der Waals surface area (Å²) in [5.41, 5.74) is 7.77. The zero-order chi connectivity index (χ0) is 18.6. The van der Waals surface area contributed by atoms with Gasteiger partial charge in [-0.3, -0.25) is 4.98 Å². The largest absolute Gasteiger partial charge is 0.367 e. The van der Waals surface area contributed by atoms with Gasteiger partial charge in [0.05, 0.1) is 11.2 Å². The third-order valence-corrected chi connectivity index (χ3v) is 5.11. The van der Waals surface area contributed by atoms with Gasteiger partial charge < -0.3 is 11.1 Å². The van der Waals surface area contributed by atoms with E-state index in [9.17, 15) is 0 Å². The molecule has 0 bridgehead atoms. The van der Waals surface area contributed by atoms with Crippen LogP contribution in [-0.4, -0.2) is 27.0 Å². The second kappa shape index (κ2) is 12.3. The molecule has 0 aliphatic heterocycles. The number of hydrogen-bond acceptors (Lipinski definition) is 5. The van der Waals surface area contributed by atoms with Crippen LogP contribution in [0.15, 0.2) is 42.6 Å². The Kier molecular flexibility index (Phi) is 10.8. The molecule has 0 unspecified atom stereocenters. The predicted octanol–water partition coefficient (Wildman–Crippen LogP) is 5.80. The molecule has 1 aromatic carbocycles. The fourth-order valence-electron chi connectivity index (χ4n) is 3.39. The number of fused-ring (bicyclic) bond motifs is 1. The van der Waals surface area contributed by atoms with E-state index in [1.165, 1.54) is 0 Å². The Bertz CT molecular complexity index is 960. The Balaban J connectivity index is 0.00000150. The van der Waals surface area contributed by atoms with Gasteiger partial charge in [0.1, 0.15) is 5.82 Å². The summed E-state index contributed by atoms with van der Waals surface area (Å²) in [6.45, 7) is 0. The molecule has 3 N–H and O–H groups in total. The quantitative estimate of drug-likeness (QED) is 0.485. The Morgan fingerprint density at radius 2 is 1.73 bits per heavy atom. The average molecular weight is 489 g/mol. The molecule has 0 radical (unpaired) electrons. The molecule has 1 fully saturated rings. The van der Waals surface area contributed by atoms with Gasteiger partial charge >= 0.3 is 0 Å². The molecule has 2 aromatic heterocycles. The van der Waals surface area contributed by atoms with Crippen LogP contribution in [0, 0.1) is 0 Å². The van der Waals surface area contributed by atoms with E-state index in [1.807, 2.05) is 48.6 Å². The molecule has 9 heteroatoms. The predicted molar refractivity (Wildman–Crippen MR) is 133 cm³/mol. The summed E-state index contributed by atoms with van der Waals surface area (Å²) in [4.78, 5) is 13.7. The summed E-state index contributed by atoms with van der Waals surface area (Å²) in [6, 6.07) is 12.2. The molecule has 4 rings (SSSR count). The van der Waals surface area contributed by atoms with Gasteiger partial charge in [-0.05, 0) is 68.2 Å². The normalized spacial score (nSPS) is 18.2. The molecule has 1 saturated carbocycles. The highest BCUT2D eigenvalue weighted by Gasteiger charge is 2.20. The molecule has 0 amide bonds. The smallest absolute Gasteiger partial charge is 0.155 e. The van der Waals surface area contributed by atoms with Gasteiger partial charge in [0, 0.05) is 28.7 Å². The summed E-state index contributed by atoms with van der Waals surface area (Å²) in [7, 11) is 0. The first-order valence-corrected chi connectivity index (χ1v) is 9.64. The molecule has 162 valence electrons. The number of pyridine rings is 1. The SMILES string of the molecule is Cl.Cl.Cl.NC1CCC(Nc2nc(C=Cc3ccccn3)nc3ccc(Cl)cc23)CC1. The minimum absolute atomic E-state index is 0. The van der Waals surface area contributed by atoms with Crippen LogP contribution in [0.4, 0.5) is 5.82 Å². The highest BCUT2D eigenvalue weighted by atomic mass is 35.5. The number of nitrogens with zero attached hydrogens (tertiary/aromatic N) is 3. The fourth-order valence-corrected chi connectivity index (χ4v) is 3.57. The summed E-state index contributed by atoms with van der Waals surface area (Å²) >= 11 is 6.21. The van der Waals surface area contributed by atoms with Gasteiger partial charge in [0.15, 0.2) is 5.82 Å². The maximum Gasteiger partial charge on any atom is 0.155 e. The van der Waals surface area contributed by atoms with E-state index in [0.29, 0.717) is 22.9 Å². The molecular formula is C21H25Cl4N5. The van der Waals surface area contributed by atoms with Crippen molar-refractivity contribution in [3.8, 4) is 0 Å². The molecule has 0 atom stereocenters. The topological polar surface area (TPSA) is 76.7 Å². The van der Waals surface area contributed by atoms with Gasteiger partial charge in [0.25, 0.3) is 0 Å². The van der Waals surface area contributed by atoms with Crippen LogP contribution in [-0.2, 0) is 0 Å². The van der Waals surface area contributed by atoms with Gasteiger partial charge in [0.2, 0.25) is 0 Å². The number of rotatable bonds is 4. The van der Waals surface area contributed by atoms with Crippen molar-refractivity contribution in [1.82, 2.24) is 15.0 Å². The Hall–Kier alpha value is -1.63. The molecule has 1 aliphatic carbocycles. The van der Waals surface area contributed by atoms with Gasteiger partial charge in [-0.25, -0.2) is 9.97 Å². The molecule has 3 aromatic rings. The van der Waals surface area contributed by atoms with Gasteiger partial charge in [-0.1, -0.05) is 17.7 Å². The van der Waals surface area contributed by atoms with Crippen molar-refractivity contribution in [2.24, 2.45) is 5.73 Å². The minimum atomic E-state index is 0. The number of nitrogens with one attached hydrogen (secondary N) is 1. The molecule has 1 aliphatic rings. The maximum atomic E-state index is 6.21. The zero-order valence-electron chi connectivity index (χ0n) is 16.2. The van der Waals surface area contributed by atoms with E-state index in [4.69, 9.17) is 22.3 Å². The lowest BCUT2D eigenvalue weighted by molar-refractivity contribution is 0.410. The number of halogens is 4. The first kappa shape index (κ1) is 26.4. The first-order chi connectivity index (χ1) is 13.2. The number of aromatic nitrogens is 3. The van der Waals surface area contributed by atoms with Crippen molar-refractivity contribution < 1.29 is 0 Å². The van der Waals surface area contributed by atoms with Crippen molar-refractivity contribution >= 4 is 77.7 Å². The number of hydrogen-bond donors (Lipinski definition) is 2. The third-order valence-electron chi connectivity index (χ3n) is 4.88. The van der Waals surface area contributed by atoms with E-state index < -0.39 is 0 Å². The van der Waals surface area contributed by atoms with Crippen LogP contribution in [0.25, 0.3) is 23.1 Å². The molecule has 0 spiro atoms. The van der Waals surface area contributed by atoms with Crippen molar-refractivity contribution in [1.29, 1.82) is 0 Å². The second-order valence-corrected chi connectivity index (χ2v) is 7.37. The van der Waals surface area contributed by atoms with E-state index in [0.717, 1.165) is 48.1 Å². The molecule has 0 saturated heterocycles. The second-order valence-electron chi connectivity index (χ2n) is 6.94. The summed E-state index contributed by atoms with van der Waals surface area (Å²) in [5, 5.41) is 5.21. The Labute approximate surface area is 200 Å². The van der Waals surface area contributed by atoms with Crippen molar-refractivity contribution in [2.75, 3.05) is 5.32 Å². The Morgan fingerprint density at radius 3 is 2.43 bits per heavy atom.